The quantitative estimate of drug-likeness (QED) is 0.875. The summed E-state index contributed by atoms with van der Waals surface area (Å²) in [5, 5.41) is 0.575. The van der Waals surface area contributed by atoms with E-state index in [9.17, 15) is 0 Å². The van der Waals surface area contributed by atoms with Crippen molar-refractivity contribution >= 4 is 28.7 Å². The fourth-order valence-electron chi connectivity index (χ4n) is 1.71. The molecule has 0 unspecified atom stereocenters. The molecule has 0 spiro atoms. The number of nitrogens with zero attached hydrogens (tertiary/aromatic N) is 3. The van der Waals surface area contributed by atoms with E-state index < -0.39 is 0 Å². The Balaban J connectivity index is 2.74. The summed E-state index contributed by atoms with van der Waals surface area (Å²) in [6, 6.07) is 1.78. The van der Waals surface area contributed by atoms with Gasteiger partial charge in [0.2, 0.25) is 5.95 Å². The summed E-state index contributed by atoms with van der Waals surface area (Å²) >= 11 is 5.88. The van der Waals surface area contributed by atoms with Crippen LogP contribution in [0.1, 0.15) is 27.2 Å². The van der Waals surface area contributed by atoms with Gasteiger partial charge in [0.15, 0.2) is 5.65 Å². The second-order valence-corrected chi connectivity index (χ2v) is 4.90. The Morgan fingerprint density at radius 1 is 1.50 bits per heavy atom. The van der Waals surface area contributed by atoms with Crippen LogP contribution in [0, 0.1) is 0 Å². The number of fused-ring (bicyclic) bond motifs is 1. The van der Waals surface area contributed by atoms with E-state index in [-0.39, 0.29) is 5.54 Å². The molecule has 0 aromatic carbocycles. The zero-order valence-corrected chi connectivity index (χ0v) is 10.4. The molecule has 16 heavy (non-hydrogen) atoms. The summed E-state index contributed by atoms with van der Waals surface area (Å²) < 4.78 is 1.96. The first-order chi connectivity index (χ1) is 7.45. The van der Waals surface area contributed by atoms with Crippen molar-refractivity contribution in [2.24, 2.45) is 0 Å². The highest BCUT2D eigenvalue weighted by Crippen LogP contribution is 2.28. The maximum Gasteiger partial charge on any atom is 0.202 e. The van der Waals surface area contributed by atoms with Gasteiger partial charge in [-0.05, 0) is 26.3 Å². The molecule has 0 bridgehead atoms. The smallest absolute Gasteiger partial charge is 0.202 e. The summed E-state index contributed by atoms with van der Waals surface area (Å²) in [5.74, 6) is 0.483. The van der Waals surface area contributed by atoms with Crippen molar-refractivity contribution in [1.82, 2.24) is 14.5 Å². The highest BCUT2D eigenvalue weighted by Gasteiger charge is 2.23. The third kappa shape index (κ3) is 1.63. The summed E-state index contributed by atoms with van der Waals surface area (Å²) in [6.07, 6.45) is 2.57. The molecule has 0 saturated carbocycles. The SMILES string of the molecule is CCC(C)(C)n1c(N)nc2cc(Cl)cnc21. The maximum atomic E-state index is 5.93. The lowest BCUT2D eigenvalue weighted by molar-refractivity contribution is 0.355. The van der Waals surface area contributed by atoms with Crippen molar-refractivity contribution < 1.29 is 0 Å². The fourth-order valence-corrected chi connectivity index (χ4v) is 1.86. The van der Waals surface area contributed by atoms with Gasteiger partial charge in [0.25, 0.3) is 0 Å². The molecule has 0 radical (unpaired) electrons. The molecule has 2 N–H and O–H groups in total. The Kier molecular flexibility index (Phi) is 2.54. The Hall–Kier alpha value is -1.29. The first kappa shape index (κ1) is 11.2. The molecule has 5 heteroatoms. The van der Waals surface area contributed by atoms with E-state index in [2.05, 4.69) is 30.7 Å². The monoisotopic (exact) mass is 238 g/mol. The van der Waals surface area contributed by atoms with Crippen LogP contribution < -0.4 is 5.73 Å². The highest BCUT2D eigenvalue weighted by atomic mass is 35.5. The Bertz CT molecular complexity index is 530. The van der Waals surface area contributed by atoms with Crippen LogP contribution >= 0.6 is 11.6 Å². The molecule has 2 rings (SSSR count). The fraction of sp³-hybridized carbons (Fsp3) is 0.455. The summed E-state index contributed by atoms with van der Waals surface area (Å²) in [4.78, 5) is 8.59. The van der Waals surface area contributed by atoms with Crippen LogP contribution in [0.3, 0.4) is 0 Å². The third-order valence-corrected chi connectivity index (χ3v) is 3.17. The number of halogens is 1. The lowest BCUT2D eigenvalue weighted by Crippen LogP contribution is -2.26. The predicted octanol–water partition coefficient (Wildman–Crippen LogP) is 2.81. The van der Waals surface area contributed by atoms with Crippen molar-refractivity contribution in [3.63, 3.8) is 0 Å². The van der Waals surface area contributed by atoms with E-state index in [1.165, 1.54) is 0 Å². The van der Waals surface area contributed by atoms with E-state index in [1.807, 2.05) is 4.57 Å². The number of hydrogen-bond acceptors (Lipinski definition) is 3. The van der Waals surface area contributed by atoms with E-state index >= 15 is 0 Å². The van der Waals surface area contributed by atoms with Gasteiger partial charge >= 0.3 is 0 Å². The van der Waals surface area contributed by atoms with Gasteiger partial charge in [-0.25, -0.2) is 9.97 Å². The number of nitrogens with two attached hydrogens (primary N) is 1. The summed E-state index contributed by atoms with van der Waals surface area (Å²) in [5.41, 5.74) is 7.36. The van der Waals surface area contributed by atoms with Crippen molar-refractivity contribution in [2.75, 3.05) is 5.73 Å². The van der Waals surface area contributed by atoms with E-state index in [4.69, 9.17) is 17.3 Å². The van der Waals surface area contributed by atoms with Crippen molar-refractivity contribution in [3.05, 3.63) is 17.3 Å². The van der Waals surface area contributed by atoms with Crippen molar-refractivity contribution in [1.29, 1.82) is 0 Å². The first-order valence-corrected chi connectivity index (χ1v) is 5.63. The summed E-state index contributed by atoms with van der Waals surface area (Å²) in [7, 11) is 0. The molecule has 2 aromatic rings. The van der Waals surface area contributed by atoms with Gasteiger partial charge in [-0.1, -0.05) is 18.5 Å². The standard InChI is InChI=1S/C11H15ClN4/c1-4-11(2,3)16-9-8(15-10(16)13)5-7(12)6-14-9/h5-6H,4H2,1-3H3,(H2,13,15). The van der Waals surface area contributed by atoms with Gasteiger partial charge in [0, 0.05) is 11.7 Å². The molecule has 0 atom stereocenters. The number of hydrogen-bond donors (Lipinski definition) is 1. The van der Waals surface area contributed by atoms with Crippen LogP contribution in [-0.2, 0) is 5.54 Å². The molecular formula is C11H15ClN4. The van der Waals surface area contributed by atoms with Crippen LogP contribution in [0.2, 0.25) is 5.02 Å². The average Bonchev–Trinajstić information content (AvgIpc) is 2.53. The Morgan fingerprint density at radius 3 is 2.81 bits per heavy atom. The Morgan fingerprint density at radius 2 is 2.19 bits per heavy atom. The van der Waals surface area contributed by atoms with Gasteiger partial charge in [-0.2, -0.15) is 0 Å². The number of aromatic nitrogens is 3. The second-order valence-electron chi connectivity index (χ2n) is 4.47. The van der Waals surface area contributed by atoms with Gasteiger partial charge in [-0.15, -0.1) is 0 Å². The minimum Gasteiger partial charge on any atom is -0.369 e. The van der Waals surface area contributed by atoms with E-state index in [1.54, 1.807) is 12.3 Å². The van der Waals surface area contributed by atoms with Crippen LogP contribution in [-0.4, -0.2) is 14.5 Å². The van der Waals surface area contributed by atoms with Crippen LogP contribution in [0.25, 0.3) is 11.2 Å². The third-order valence-electron chi connectivity index (χ3n) is 2.96. The molecule has 86 valence electrons. The van der Waals surface area contributed by atoms with Crippen LogP contribution in [0.5, 0.6) is 0 Å². The van der Waals surface area contributed by atoms with Crippen LogP contribution in [0.15, 0.2) is 12.3 Å². The van der Waals surface area contributed by atoms with Gasteiger partial charge < -0.3 is 5.73 Å². The minimum absolute atomic E-state index is 0.0976. The van der Waals surface area contributed by atoms with Crippen LogP contribution in [0.4, 0.5) is 5.95 Å². The molecule has 0 fully saturated rings. The number of pyridine rings is 1. The number of nitrogen functional groups attached to an aromatic ring is 1. The highest BCUT2D eigenvalue weighted by molar-refractivity contribution is 6.31. The molecule has 0 aliphatic rings. The van der Waals surface area contributed by atoms with E-state index in [0.29, 0.717) is 11.0 Å². The molecular weight excluding hydrogens is 224 g/mol. The average molecular weight is 239 g/mol. The molecule has 0 aliphatic heterocycles. The van der Waals surface area contributed by atoms with Crippen molar-refractivity contribution in [2.45, 2.75) is 32.7 Å². The van der Waals surface area contributed by atoms with Gasteiger partial charge in [0.05, 0.1) is 5.02 Å². The molecule has 2 heterocycles. The zero-order chi connectivity index (χ0) is 11.9. The minimum atomic E-state index is -0.0976. The number of anilines is 1. The topological polar surface area (TPSA) is 56.7 Å². The Labute approximate surface area is 99.4 Å². The van der Waals surface area contributed by atoms with E-state index in [0.717, 1.165) is 17.6 Å². The largest absolute Gasteiger partial charge is 0.369 e. The summed E-state index contributed by atoms with van der Waals surface area (Å²) in [6.45, 7) is 6.34. The maximum absolute atomic E-state index is 5.93. The van der Waals surface area contributed by atoms with Gasteiger partial charge in [0.1, 0.15) is 5.52 Å². The molecule has 4 nitrogen and oxygen atoms in total. The second kappa shape index (κ2) is 3.63. The first-order valence-electron chi connectivity index (χ1n) is 5.25. The molecule has 2 aromatic heterocycles. The lowest BCUT2D eigenvalue weighted by Gasteiger charge is -2.26. The molecule has 0 amide bonds. The molecule has 0 aliphatic carbocycles. The lowest BCUT2D eigenvalue weighted by atomic mass is 10.0. The predicted molar refractivity (Wildman–Crippen MR) is 66.6 cm³/mol. The normalized spacial score (nSPS) is 12.2. The van der Waals surface area contributed by atoms with Crippen molar-refractivity contribution in [3.8, 4) is 0 Å². The molecule has 0 saturated heterocycles. The zero-order valence-electron chi connectivity index (χ0n) is 9.66. The van der Waals surface area contributed by atoms with Gasteiger partial charge in [-0.3, -0.25) is 4.57 Å². The number of imidazole rings is 1. The number of rotatable bonds is 2.